The lowest BCUT2D eigenvalue weighted by atomic mass is 9.93. The normalized spacial score (nSPS) is 33.2. The molecule has 1 aliphatic heterocycles. The van der Waals surface area contributed by atoms with Crippen molar-refractivity contribution >= 4 is 10.9 Å². The van der Waals surface area contributed by atoms with E-state index in [1.807, 2.05) is 30.3 Å². The second-order valence-electron chi connectivity index (χ2n) is 5.18. The third-order valence-electron chi connectivity index (χ3n) is 3.80. The van der Waals surface area contributed by atoms with Crippen molar-refractivity contribution in [1.82, 2.24) is 4.98 Å². The smallest absolute Gasteiger partial charge is 0.128 e. The number of fused-ring (bicyclic) bond motifs is 1. The largest absolute Gasteiger partial charge is 0.394 e. The van der Waals surface area contributed by atoms with E-state index in [0.29, 0.717) is 5.69 Å². The predicted molar refractivity (Wildman–Crippen MR) is 74.5 cm³/mol. The highest BCUT2D eigenvalue weighted by Gasteiger charge is 2.44. The minimum absolute atomic E-state index is 0.449. The lowest BCUT2D eigenvalue weighted by molar-refractivity contribution is -0.232. The molecular weight excluding hydrogens is 274 g/mol. The van der Waals surface area contributed by atoms with Crippen molar-refractivity contribution < 1.29 is 25.2 Å². The van der Waals surface area contributed by atoms with Crippen LogP contribution in [0.3, 0.4) is 0 Å². The standard InChI is InChI=1S/C15H17NO5/c17-7-11-12(18)13(19)14(20)15(21-11)10-6-5-8-3-1-2-4-9(8)16-10/h1-6,11-15,17-20H,7H2/t11-,12+,13+,14-,15+/m1/s1. The topological polar surface area (TPSA) is 103 Å². The number of aliphatic hydroxyl groups is 4. The Labute approximate surface area is 121 Å². The number of hydrogen-bond donors (Lipinski definition) is 4. The van der Waals surface area contributed by atoms with Gasteiger partial charge in [0.15, 0.2) is 0 Å². The van der Waals surface area contributed by atoms with E-state index in [2.05, 4.69) is 4.98 Å². The molecule has 4 N–H and O–H groups in total. The van der Waals surface area contributed by atoms with Gasteiger partial charge in [0.2, 0.25) is 0 Å². The van der Waals surface area contributed by atoms with Crippen molar-refractivity contribution in [2.45, 2.75) is 30.5 Å². The summed E-state index contributed by atoms with van der Waals surface area (Å²) in [5, 5.41) is 39.8. The molecular formula is C15H17NO5. The fourth-order valence-electron chi connectivity index (χ4n) is 2.59. The Morgan fingerprint density at radius 1 is 0.952 bits per heavy atom. The first kappa shape index (κ1) is 14.4. The van der Waals surface area contributed by atoms with Crippen molar-refractivity contribution in [1.29, 1.82) is 0 Å². The Balaban J connectivity index is 1.96. The van der Waals surface area contributed by atoms with Crippen molar-refractivity contribution in [2.75, 3.05) is 6.61 Å². The highest BCUT2D eigenvalue weighted by Crippen LogP contribution is 2.32. The number of rotatable bonds is 2. The number of pyridine rings is 1. The molecule has 1 saturated heterocycles. The summed E-state index contributed by atoms with van der Waals surface area (Å²) in [6.07, 6.45) is -5.89. The van der Waals surface area contributed by atoms with Gasteiger partial charge in [0.05, 0.1) is 17.8 Å². The van der Waals surface area contributed by atoms with E-state index >= 15 is 0 Å². The van der Waals surface area contributed by atoms with E-state index in [1.165, 1.54) is 0 Å². The van der Waals surface area contributed by atoms with Gasteiger partial charge < -0.3 is 25.2 Å². The molecule has 0 amide bonds. The molecule has 0 spiro atoms. The number of para-hydroxylation sites is 1. The van der Waals surface area contributed by atoms with Crippen molar-refractivity contribution in [3.8, 4) is 0 Å². The molecule has 0 saturated carbocycles. The molecule has 0 bridgehead atoms. The van der Waals surface area contributed by atoms with Crippen LogP contribution in [0.2, 0.25) is 0 Å². The second kappa shape index (κ2) is 5.67. The zero-order valence-electron chi connectivity index (χ0n) is 11.2. The number of aliphatic hydroxyl groups excluding tert-OH is 4. The summed E-state index contributed by atoms with van der Waals surface area (Å²) in [6, 6.07) is 11.1. The molecule has 5 atom stereocenters. The van der Waals surface area contributed by atoms with Crippen molar-refractivity contribution in [3.63, 3.8) is 0 Å². The fraction of sp³-hybridized carbons (Fsp3) is 0.400. The van der Waals surface area contributed by atoms with Gasteiger partial charge in [-0.3, -0.25) is 0 Å². The van der Waals surface area contributed by atoms with Gasteiger partial charge in [-0.2, -0.15) is 0 Å². The first-order chi connectivity index (χ1) is 10.1. The molecule has 1 aromatic carbocycles. The second-order valence-corrected chi connectivity index (χ2v) is 5.18. The van der Waals surface area contributed by atoms with E-state index in [4.69, 9.17) is 4.74 Å². The number of ether oxygens (including phenoxy) is 1. The van der Waals surface area contributed by atoms with Crippen LogP contribution >= 0.6 is 0 Å². The number of aromatic nitrogens is 1. The van der Waals surface area contributed by atoms with Crippen LogP contribution in [0.4, 0.5) is 0 Å². The Morgan fingerprint density at radius 2 is 1.71 bits per heavy atom. The van der Waals surface area contributed by atoms with Crippen LogP contribution < -0.4 is 0 Å². The first-order valence-electron chi connectivity index (χ1n) is 6.78. The lowest BCUT2D eigenvalue weighted by Crippen LogP contribution is -2.55. The van der Waals surface area contributed by atoms with E-state index < -0.39 is 37.1 Å². The van der Waals surface area contributed by atoms with Gasteiger partial charge in [-0.25, -0.2) is 4.98 Å². The molecule has 1 aromatic heterocycles. The summed E-state index contributed by atoms with van der Waals surface area (Å²) < 4.78 is 5.49. The molecule has 112 valence electrons. The number of benzene rings is 1. The van der Waals surface area contributed by atoms with Crippen LogP contribution in [0.15, 0.2) is 36.4 Å². The highest BCUT2D eigenvalue weighted by molar-refractivity contribution is 5.78. The summed E-state index contributed by atoms with van der Waals surface area (Å²) in [7, 11) is 0. The molecule has 6 heteroatoms. The van der Waals surface area contributed by atoms with Gasteiger partial charge in [0, 0.05) is 5.39 Å². The molecule has 6 nitrogen and oxygen atoms in total. The van der Waals surface area contributed by atoms with Gasteiger partial charge in [-0.15, -0.1) is 0 Å². The summed E-state index contributed by atoms with van der Waals surface area (Å²) in [4.78, 5) is 4.42. The Kier molecular flexibility index (Phi) is 3.88. The molecule has 2 heterocycles. The molecule has 2 aromatic rings. The predicted octanol–water partition coefficient (Wildman–Crippen LogP) is -0.250. The average Bonchev–Trinajstić information content (AvgIpc) is 2.52. The maximum absolute atomic E-state index is 10.1. The number of nitrogens with zero attached hydrogens (tertiary/aromatic N) is 1. The molecule has 1 fully saturated rings. The van der Waals surface area contributed by atoms with Crippen molar-refractivity contribution in [2.24, 2.45) is 0 Å². The molecule has 21 heavy (non-hydrogen) atoms. The van der Waals surface area contributed by atoms with Crippen LogP contribution in [-0.4, -0.2) is 56.4 Å². The Hall–Kier alpha value is -1.57. The van der Waals surface area contributed by atoms with Gasteiger partial charge >= 0.3 is 0 Å². The third-order valence-corrected chi connectivity index (χ3v) is 3.80. The monoisotopic (exact) mass is 291 g/mol. The highest BCUT2D eigenvalue weighted by atomic mass is 16.5. The van der Waals surface area contributed by atoms with E-state index in [-0.39, 0.29) is 0 Å². The SMILES string of the molecule is OC[C@H]1O[C@@H](c2ccc3ccccc3n2)[C@H](O)[C@@H](O)[C@H]1O. The maximum Gasteiger partial charge on any atom is 0.128 e. The minimum Gasteiger partial charge on any atom is -0.394 e. The molecule has 0 aliphatic carbocycles. The maximum atomic E-state index is 10.1. The minimum atomic E-state index is -1.39. The quantitative estimate of drug-likeness (QED) is 0.608. The van der Waals surface area contributed by atoms with Crippen LogP contribution in [0.25, 0.3) is 10.9 Å². The van der Waals surface area contributed by atoms with Crippen molar-refractivity contribution in [3.05, 3.63) is 42.1 Å². The lowest BCUT2D eigenvalue weighted by Gasteiger charge is -2.39. The number of hydrogen-bond acceptors (Lipinski definition) is 6. The van der Waals surface area contributed by atoms with Crippen LogP contribution in [0.1, 0.15) is 11.8 Å². The first-order valence-corrected chi connectivity index (χ1v) is 6.78. The summed E-state index contributed by atoms with van der Waals surface area (Å²) >= 11 is 0. The van der Waals surface area contributed by atoms with Gasteiger partial charge in [-0.05, 0) is 12.1 Å². The zero-order valence-corrected chi connectivity index (χ0v) is 11.2. The molecule has 0 radical (unpaired) electrons. The molecule has 1 aliphatic rings. The fourth-order valence-corrected chi connectivity index (χ4v) is 2.59. The van der Waals surface area contributed by atoms with Gasteiger partial charge in [0.25, 0.3) is 0 Å². The van der Waals surface area contributed by atoms with E-state index in [9.17, 15) is 20.4 Å². The van der Waals surface area contributed by atoms with Gasteiger partial charge in [0.1, 0.15) is 30.5 Å². The zero-order chi connectivity index (χ0) is 15.0. The summed E-state index contributed by atoms with van der Waals surface area (Å²) in [6.45, 7) is -0.449. The van der Waals surface area contributed by atoms with E-state index in [0.717, 1.165) is 10.9 Å². The van der Waals surface area contributed by atoms with E-state index in [1.54, 1.807) is 6.07 Å². The molecule has 3 rings (SSSR count). The van der Waals surface area contributed by atoms with Gasteiger partial charge in [-0.1, -0.05) is 24.3 Å². The Bertz CT molecular complexity index is 632. The summed E-state index contributed by atoms with van der Waals surface area (Å²) in [5.74, 6) is 0. The van der Waals surface area contributed by atoms with Crippen LogP contribution in [-0.2, 0) is 4.74 Å². The molecule has 0 unspecified atom stereocenters. The van der Waals surface area contributed by atoms with Crippen LogP contribution in [0.5, 0.6) is 0 Å². The Morgan fingerprint density at radius 3 is 2.48 bits per heavy atom. The average molecular weight is 291 g/mol. The summed E-state index contributed by atoms with van der Waals surface area (Å²) in [5.41, 5.74) is 1.19. The van der Waals surface area contributed by atoms with Crippen LogP contribution in [0, 0.1) is 0 Å². The third kappa shape index (κ3) is 2.52.